The van der Waals surface area contributed by atoms with Crippen LogP contribution in [0.3, 0.4) is 0 Å². The second-order valence-electron chi connectivity index (χ2n) is 5.36. The highest BCUT2D eigenvalue weighted by Gasteiger charge is 2.18. The van der Waals surface area contributed by atoms with Gasteiger partial charge in [0, 0.05) is 10.3 Å². The maximum Gasteiger partial charge on any atom is 0.348 e. The number of ether oxygens (including phenoxy) is 3. The number of Topliss-reactive ketones (excluding diaryl/α,β-unsaturated/α-hetero) is 1. The summed E-state index contributed by atoms with van der Waals surface area (Å²) in [5.74, 6) is -0.271. The lowest BCUT2D eigenvalue weighted by Gasteiger charge is -2.04. The Labute approximate surface area is 145 Å². The van der Waals surface area contributed by atoms with Crippen molar-refractivity contribution in [2.75, 3.05) is 13.4 Å². The lowest BCUT2D eigenvalue weighted by atomic mass is 10.1. The molecule has 0 saturated heterocycles. The van der Waals surface area contributed by atoms with E-state index in [1.165, 1.54) is 23.5 Å². The lowest BCUT2D eigenvalue weighted by molar-refractivity contribution is 0.0479. The number of halogens is 1. The van der Waals surface area contributed by atoms with E-state index >= 15 is 0 Å². The van der Waals surface area contributed by atoms with Gasteiger partial charge in [-0.1, -0.05) is 0 Å². The Balaban J connectivity index is 1.44. The summed E-state index contributed by atoms with van der Waals surface area (Å²) in [4.78, 5) is 24.6. The van der Waals surface area contributed by atoms with Crippen molar-refractivity contribution in [1.82, 2.24) is 0 Å². The molecule has 126 valence electrons. The first-order valence-electron chi connectivity index (χ1n) is 7.39. The quantitative estimate of drug-likeness (QED) is 0.524. The van der Waals surface area contributed by atoms with E-state index in [1.807, 2.05) is 0 Å². The molecule has 0 aliphatic carbocycles. The standard InChI is InChI=1S/C18H11FO5S/c19-12-2-4-16-11(5-12)7-17(25-16)18(21)22-8-13(20)10-1-3-14-15(6-10)24-9-23-14/h1-7H,8-9H2. The molecule has 4 rings (SSSR count). The van der Waals surface area contributed by atoms with Gasteiger partial charge < -0.3 is 14.2 Å². The first kappa shape index (κ1) is 15.6. The number of carbonyl (C=O) groups excluding carboxylic acids is 2. The molecule has 0 amide bonds. The van der Waals surface area contributed by atoms with Crippen molar-refractivity contribution in [1.29, 1.82) is 0 Å². The Morgan fingerprint density at radius 3 is 2.80 bits per heavy atom. The summed E-state index contributed by atoms with van der Waals surface area (Å²) < 4.78 is 29.5. The van der Waals surface area contributed by atoms with E-state index in [9.17, 15) is 14.0 Å². The molecule has 2 aromatic carbocycles. The van der Waals surface area contributed by atoms with E-state index < -0.39 is 5.97 Å². The molecular weight excluding hydrogens is 347 g/mol. The average Bonchev–Trinajstić information content (AvgIpc) is 3.24. The molecular formula is C18H11FO5S. The van der Waals surface area contributed by atoms with E-state index in [2.05, 4.69) is 0 Å². The molecule has 25 heavy (non-hydrogen) atoms. The van der Waals surface area contributed by atoms with Gasteiger partial charge in [0.25, 0.3) is 0 Å². The number of benzene rings is 2. The summed E-state index contributed by atoms with van der Waals surface area (Å²) in [7, 11) is 0. The van der Waals surface area contributed by atoms with Gasteiger partial charge in [-0.15, -0.1) is 11.3 Å². The molecule has 0 N–H and O–H groups in total. The third kappa shape index (κ3) is 3.06. The molecule has 2 heterocycles. The van der Waals surface area contributed by atoms with Crippen LogP contribution in [0.25, 0.3) is 10.1 Å². The molecule has 0 saturated carbocycles. The highest BCUT2D eigenvalue weighted by molar-refractivity contribution is 7.20. The normalized spacial score (nSPS) is 12.4. The number of hydrogen-bond donors (Lipinski definition) is 0. The number of rotatable bonds is 4. The van der Waals surface area contributed by atoms with Gasteiger partial charge in [0.2, 0.25) is 6.79 Å². The van der Waals surface area contributed by atoms with Gasteiger partial charge >= 0.3 is 5.97 Å². The number of hydrogen-bond acceptors (Lipinski definition) is 6. The molecule has 0 spiro atoms. The first-order valence-corrected chi connectivity index (χ1v) is 8.21. The first-order chi connectivity index (χ1) is 12.1. The molecule has 3 aromatic rings. The fraction of sp³-hybridized carbons (Fsp3) is 0.111. The van der Waals surface area contributed by atoms with Crippen LogP contribution in [0.4, 0.5) is 4.39 Å². The molecule has 1 aromatic heterocycles. The molecule has 5 nitrogen and oxygen atoms in total. The maximum absolute atomic E-state index is 13.2. The van der Waals surface area contributed by atoms with Gasteiger partial charge in [-0.05, 0) is 47.9 Å². The van der Waals surface area contributed by atoms with Crippen LogP contribution in [0.2, 0.25) is 0 Å². The third-order valence-corrected chi connectivity index (χ3v) is 4.80. The van der Waals surface area contributed by atoms with E-state index in [1.54, 1.807) is 30.3 Å². The van der Waals surface area contributed by atoms with Gasteiger partial charge in [-0.25, -0.2) is 9.18 Å². The summed E-state index contributed by atoms with van der Waals surface area (Å²) >= 11 is 1.19. The number of ketones is 1. The van der Waals surface area contributed by atoms with Crippen molar-refractivity contribution in [3.8, 4) is 11.5 Å². The lowest BCUT2D eigenvalue weighted by Crippen LogP contribution is -2.13. The van der Waals surface area contributed by atoms with Gasteiger partial charge in [0.15, 0.2) is 23.9 Å². The van der Waals surface area contributed by atoms with Gasteiger partial charge in [0.1, 0.15) is 10.7 Å². The van der Waals surface area contributed by atoms with Gasteiger partial charge in [-0.2, -0.15) is 0 Å². The predicted octanol–water partition coefficient (Wildman–Crippen LogP) is 3.81. The topological polar surface area (TPSA) is 61.8 Å². The molecule has 0 fully saturated rings. The van der Waals surface area contributed by atoms with Crippen LogP contribution in [-0.4, -0.2) is 25.2 Å². The Morgan fingerprint density at radius 2 is 1.92 bits per heavy atom. The molecule has 7 heteroatoms. The summed E-state index contributed by atoms with van der Waals surface area (Å²) in [6.45, 7) is -0.268. The van der Waals surface area contributed by atoms with Crippen LogP contribution < -0.4 is 9.47 Å². The van der Waals surface area contributed by atoms with Crippen molar-refractivity contribution >= 4 is 33.2 Å². The van der Waals surface area contributed by atoms with Gasteiger partial charge in [0.05, 0.1) is 0 Å². The minimum Gasteiger partial charge on any atom is -0.454 e. The predicted molar refractivity (Wildman–Crippen MR) is 89.0 cm³/mol. The number of esters is 1. The largest absolute Gasteiger partial charge is 0.454 e. The monoisotopic (exact) mass is 358 g/mol. The van der Waals surface area contributed by atoms with Crippen LogP contribution >= 0.6 is 11.3 Å². The minimum absolute atomic E-state index is 0.120. The van der Waals surface area contributed by atoms with Crippen molar-refractivity contribution in [3.63, 3.8) is 0 Å². The third-order valence-electron chi connectivity index (χ3n) is 3.71. The molecule has 0 radical (unpaired) electrons. The molecule has 0 unspecified atom stereocenters. The molecule has 1 aliphatic rings. The fourth-order valence-electron chi connectivity index (χ4n) is 2.47. The summed E-state index contributed by atoms with van der Waals surface area (Å²) in [5, 5.41) is 0.624. The van der Waals surface area contributed by atoms with Crippen LogP contribution in [0.5, 0.6) is 11.5 Å². The Bertz CT molecular complexity index is 994. The van der Waals surface area contributed by atoms with E-state index in [0.717, 1.165) is 4.70 Å². The molecule has 0 atom stereocenters. The highest BCUT2D eigenvalue weighted by Crippen LogP contribution is 2.32. The zero-order valence-corrected chi connectivity index (χ0v) is 13.6. The summed E-state index contributed by atoms with van der Waals surface area (Å²) in [5.41, 5.74) is 0.371. The van der Waals surface area contributed by atoms with Crippen LogP contribution in [-0.2, 0) is 4.74 Å². The van der Waals surface area contributed by atoms with Crippen LogP contribution in [0, 0.1) is 5.82 Å². The Hall–Kier alpha value is -2.93. The van der Waals surface area contributed by atoms with Crippen LogP contribution in [0.1, 0.15) is 20.0 Å². The van der Waals surface area contributed by atoms with Crippen molar-refractivity contribution in [2.45, 2.75) is 0 Å². The molecule has 1 aliphatic heterocycles. The summed E-state index contributed by atoms with van der Waals surface area (Å²) in [6, 6.07) is 10.6. The van der Waals surface area contributed by atoms with E-state index in [4.69, 9.17) is 14.2 Å². The Morgan fingerprint density at radius 1 is 1.08 bits per heavy atom. The van der Waals surface area contributed by atoms with Crippen molar-refractivity contribution in [2.24, 2.45) is 0 Å². The highest BCUT2D eigenvalue weighted by atomic mass is 32.1. The number of carbonyl (C=O) groups is 2. The van der Waals surface area contributed by atoms with Crippen molar-refractivity contribution in [3.05, 3.63) is 58.7 Å². The minimum atomic E-state index is -0.615. The van der Waals surface area contributed by atoms with Crippen LogP contribution in [0.15, 0.2) is 42.5 Å². The second kappa shape index (κ2) is 6.18. The maximum atomic E-state index is 13.2. The number of thiophene rings is 1. The zero-order valence-electron chi connectivity index (χ0n) is 12.8. The SMILES string of the molecule is O=C(COC(=O)c1cc2cc(F)ccc2s1)c1ccc2c(c1)OCO2. The molecule has 0 bridgehead atoms. The second-order valence-corrected chi connectivity index (χ2v) is 6.44. The smallest absolute Gasteiger partial charge is 0.348 e. The van der Waals surface area contributed by atoms with Gasteiger partial charge in [-0.3, -0.25) is 4.79 Å². The Kier molecular flexibility index (Phi) is 3.85. The fourth-order valence-corrected chi connectivity index (χ4v) is 3.41. The van der Waals surface area contributed by atoms with E-state index in [0.29, 0.717) is 27.3 Å². The summed E-state index contributed by atoms with van der Waals surface area (Å²) in [6.07, 6.45) is 0. The van der Waals surface area contributed by atoms with Crippen molar-refractivity contribution < 1.29 is 28.2 Å². The average molecular weight is 358 g/mol. The number of fused-ring (bicyclic) bond motifs is 2. The van der Waals surface area contributed by atoms with E-state index in [-0.39, 0.29) is 25.0 Å². The zero-order chi connectivity index (χ0) is 17.4.